The summed E-state index contributed by atoms with van der Waals surface area (Å²) in [5.41, 5.74) is 0.817. The molecule has 0 saturated carbocycles. The number of amides is 1. The second-order valence-corrected chi connectivity index (χ2v) is 8.07. The quantitative estimate of drug-likeness (QED) is 0.381. The number of carbonyl (C=O) groups is 2. The minimum Gasteiger partial charge on any atom is -0.492 e. The Morgan fingerprint density at radius 3 is 2.52 bits per heavy atom. The minimum atomic E-state index is -0.950. The van der Waals surface area contributed by atoms with Gasteiger partial charge < -0.3 is 19.6 Å². The van der Waals surface area contributed by atoms with Gasteiger partial charge in [-0.05, 0) is 35.9 Å². The van der Waals surface area contributed by atoms with E-state index in [2.05, 4.69) is 4.98 Å². The molecule has 0 aliphatic heterocycles. The molecule has 1 amide bonds. The zero-order chi connectivity index (χ0) is 22.6. The molecular formula is C22H25N3O4S2. The molecule has 2 aromatic rings. The number of hydrogen-bond donors (Lipinski definition) is 1. The van der Waals surface area contributed by atoms with Gasteiger partial charge in [0.2, 0.25) is 0 Å². The number of pyridine rings is 1. The van der Waals surface area contributed by atoms with Gasteiger partial charge in [-0.1, -0.05) is 42.2 Å². The van der Waals surface area contributed by atoms with E-state index in [9.17, 15) is 9.59 Å². The normalized spacial score (nSPS) is 11.0. The minimum absolute atomic E-state index is 0.112. The third kappa shape index (κ3) is 8.39. The first-order chi connectivity index (χ1) is 14.9. The van der Waals surface area contributed by atoms with Gasteiger partial charge in [0.05, 0.1) is 17.9 Å². The molecule has 0 aliphatic rings. The number of carboxylic acid groups (broad SMARTS) is 1. The summed E-state index contributed by atoms with van der Waals surface area (Å²) in [6.07, 6.45) is 3.37. The highest BCUT2D eigenvalue weighted by atomic mass is 32.2. The van der Waals surface area contributed by atoms with E-state index in [4.69, 9.17) is 22.1 Å². The Labute approximate surface area is 191 Å². The van der Waals surface area contributed by atoms with Crippen molar-refractivity contribution in [1.29, 1.82) is 0 Å². The standard InChI is InChI=1S/C22H25N3O4S2/c1-24(20-5-3-4-11-23-20)13-14-29-18-8-6-17(7-9-18)15-19(31-16-30)22(28)25(2)12-10-21(26)27/h3-9,11,15-16H,10,12-14H2,1-2H3,(H,26,27)/b19-15-. The fourth-order valence-electron chi connectivity index (χ4n) is 2.56. The van der Waals surface area contributed by atoms with Crippen LogP contribution in [0, 0.1) is 0 Å². The topological polar surface area (TPSA) is 83.0 Å². The van der Waals surface area contributed by atoms with Gasteiger partial charge in [0, 0.05) is 31.5 Å². The maximum Gasteiger partial charge on any atom is 0.305 e. The molecular weight excluding hydrogens is 434 g/mol. The van der Waals surface area contributed by atoms with Crippen molar-refractivity contribution >= 4 is 52.4 Å². The molecule has 1 heterocycles. The van der Waals surface area contributed by atoms with Crippen molar-refractivity contribution in [3.63, 3.8) is 0 Å². The monoisotopic (exact) mass is 459 g/mol. The van der Waals surface area contributed by atoms with E-state index in [1.165, 1.54) is 9.60 Å². The van der Waals surface area contributed by atoms with Crippen LogP contribution in [0.3, 0.4) is 0 Å². The molecule has 1 aromatic carbocycles. The molecule has 9 heteroatoms. The fourth-order valence-corrected chi connectivity index (χ4v) is 3.43. The number of likely N-dealkylation sites (N-methyl/N-ethyl adjacent to an activating group) is 2. The summed E-state index contributed by atoms with van der Waals surface area (Å²) in [6, 6.07) is 13.1. The third-order valence-corrected chi connectivity index (χ3v) is 5.24. The molecule has 1 N–H and O–H groups in total. The van der Waals surface area contributed by atoms with Gasteiger partial charge in [-0.15, -0.1) is 0 Å². The zero-order valence-electron chi connectivity index (χ0n) is 17.4. The van der Waals surface area contributed by atoms with Gasteiger partial charge in [-0.3, -0.25) is 9.59 Å². The zero-order valence-corrected chi connectivity index (χ0v) is 19.1. The number of aliphatic carboxylic acids is 1. The maximum absolute atomic E-state index is 12.6. The van der Waals surface area contributed by atoms with E-state index in [1.807, 2.05) is 54.4 Å². The van der Waals surface area contributed by atoms with E-state index >= 15 is 0 Å². The molecule has 0 bridgehead atoms. The van der Waals surface area contributed by atoms with E-state index in [1.54, 1.807) is 19.3 Å². The first-order valence-corrected chi connectivity index (χ1v) is 10.9. The number of carbonyl (C=O) groups excluding carboxylic acids is 1. The first kappa shape index (κ1) is 24.4. The number of rotatable bonds is 12. The van der Waals surface area contributed by atoms with Crippen molar-refractivity contribution in [3.05, 3.63) is 59.1 Å². The van der Waals surface area contributed by atoms with E-state index < -0.39 is 5.97 Å². The highest BCUT2D eigenvalue weighted by molar-refractivity contribution is 8.24. The smallest absolute Gasteiger partial charge is 0.305 e. The fraction of sp³-hybridized carbons (Fsp3) is 0.273. The summed E-state index contributed by atoms with van der Waals surface area (Å²) in [4.78, 5) is 31.4. The first-order valence-electron chi connectivity index (χ1n) is 9.55. The SMILES string of the molecule is CN(CCC(=O)O)C(=O)/C(=C/c1ccc(OCCN(C)c2ccccn2)cc1)SC=S. The van der Waals surface area contributed by atoms with Gasteiger partial charge in [0.1, 0.15) is 18.2 Å². The molecule has 0 saturated heterocycles. The summed E-state index contributed by atoms with van der Waals surface area (Å²) in [5, 5.41) is 8.80. The number of thioether (sulfide) groups is 1. The summed E-state index contributed by atoms with van der Waals surface area (Å²) < 4.78 is 7.20. The lowest BCUT2D eigenvalue weighted by atomic mass is 10.2. The second-order valence-electron chi connectivity index (χ2n) is 6.62. The number of thiocarbonyl (C=S) groups is 1. The lowest BCUT2D eigenvalue weighted by molar-refractivity contribution is -0.137. The number of aromatic nitrogens is 1. The van der Waals surface area contributed by atoms with Gasteiger partial charge in [-0.2, -0.15) is 0 Å². The number of ether oxygens (including phenoxy) is 1. The van der Waals surface area contributed by atoms with Crippen LogP contribution in [0.4, 0.5) is 5.82 Å². The van der Waals surface area contributed by atoms with Crippen molar-refractivity contribution in [2.45, 2.75) is 6.42 Å². The highest BCUT2D eigenvalue weighted by Gasteiger charge is 2.16. The molecule has 164 valence electrons. The van der Waals surface area contributed by atoms with Crippen molar-refractivity contribution in [2.75, 3.05) is 38.7 Å². The predicted octanol–water partition coefficient (Wildman–Crippen LogP) is 3.56. The van der Waals surface area contributed by atoms with Gasteiger partial charge >= 0.3 is 5.97 Å². The molecule has 0 spiro atoms. The molecule has 0 aliphatic carbocycles. The van der Waals surface area contributed by atoms with Crippen LogP contribution in [-0.4, -0.2) is 65.4 Å². The lowest BCUT2D eigenvalue weighted by Gasteiger charge is -2.18. The highest BCUT2D eigenvalue weighted by Crippen LogP contribution is 2.22. The Morgan fingerprint density at radius 1 is 1.16 bits per heavy atom. The van der Waals surface area contributed by atoms with Crippen LogP contribution in [0.25, 0.3) is 6.08 Å². The average Bonchev–Trinajstić information content (AvgIpc) is 2.78. The molecule has 0 fully saturated rings. The van der Waals surface area contributed by atoms with Crippen LogP contribution in [0.15, 0.2) is 53.6 Å². The third-order valence-electron chi connectivity index (χ3n) is 4.31. The number of nitrogens with zero attached hydrogens (tertiary/aromatic N) is 3. The molecule has 0 unspecified atom stereocenters. The number of carboxylic acids is 1. The molecule has 7 nitrogen and oxygen atoms in total. The molecule has 1 aromatic heterocycles. The van der Waals surface area contributed by atoms with Crippen molar-refractivity contribution in [2.24, 2.45) is 0 Å². The van der Waals surface area contributed by atoms with Gasteiger partial charge in [0.25, 0.3) is 5.91 Å². The van der Waals surface area contributed by atoms with Gasteiger partial charge in [0.15, 0.2) is 0 Å². The Balaban J connectivity index is 1.94. The molecule has 0 atom stereocenters. The van der Waals surface area contributed by atoms with Crippen LogP contribution in [0.1, 0.15) is 12.0 Å². The van der Waals surface area contributed by atoms with Crippen LogP contribution < -0.4 is 9.64 Å². The van der Waals surface area contributed by atoms with E-state index in [0.29, 0.717) is 18.1 Å². The van der Waals surface area contributed by atoms with E-state index in [-0.39, 0.29) is 18.9 Å². The van der Waals surface area contributed by atoms with E-state index in [0.717, 1.165) is 28.9 Å². The summed E-state index contributed by atoms with van der Waals surface area (Å²) in [6.45, 7) is 1.32. The number of benzene rings is 1. The summed E-state index contributed by atoms with van der Waals surface area (Å²) in [7, 11) is 3.53. The van der Waals surface area contributed by atoms with Crippen LogP contribution in [0.2, 0.25) is 0 Å². The van der Waals surface area contributed by atoms with Crippen LogP contribution >= 0.6 is 24.0 Å². The molecule has 31 heavy (non-hydrogen) atoms. The Kier molecular flexibility index (Phi) is 9.99. The maximum atomic E-state index is 12.6. The van der Waals surface area contributed by atoms with Crippen molar-refractivity contribution in [1.82, 2.24) is 9.88 Å². The lowest BCUT2D eigenvalue weighted by Crippen LogP contribution is -2.29. The van der Waals surface area contributed by atoms with Crippen LogP contribution in [0.5, 0.6) is 5.75 Å². The average molecular weight is 460 g/mol. The number of hydrogen-bond acceptors (Lipinski definition) is 7. The van der Waals surface area contributed by atoms with Crippen molar-refractivity contribution in [3.8, 4) is 5.75 Å². The van der Waals surface area contributed by atoms with Crippen molar-refractivity contribution < 1.29 is 19.4 Å². The predicted molar refractivity (Wildman–Crippen MR) is 129 cm³/mol. The Hall–Kier alpha value is -2.91. The Bertz CT molecular complexity index is 905. The van der Waals surface area contributed by atoms with Crippen LogP contribution in [-0.2, 0) is 9.59 Å². The largest absolute Gasteiger partial charge is 0.492 e. The summed E-state index contributed by atoms with van der Waals surface area (Å²) in [5.74, 6) is 0.383. The second kappa shape index (κ2) is 12.7. The summed E-state index contributed by atoms with van der Waals surface area (Å²) >= 11 is 6.02. The van der Waals surface area contributed by atoms with Gasteiger partial charge in [-0.25, -0.2) is 4.98 Å². The molecule has 0 radical (unpaired) electrons. The Morgan fingerprint density at radius 2 is 1.90 bits per heavy atom. The molecule has 2 rings (SSSR count). The number of anilines is 1.